The number of ether oxygens (including phenoxy) is 20. The molecular weight excluding hydrogens is 1450 g/mol. The van der Waals surface area contributed by atoms with Gasteiger partial charge in [0, 0.05) is 108 Å². The van der Waals surface area contributed by atoms with E-state index in [2.05, 4.69) is 46.3 Å². The fourth-order valence-electron chi connectivity index (χ4n) is 11.8. The van der Waals surface area contributed by atoms with Gasteiger partial charge in [-0.1, -0.05) is 20.8 Å². The van der Waals surface area contributed by atoms with Crippen molar-refractivity contribution in [1.82, 2.24) is 50.3 Å². The van der Waals surface area contributed by atoms with Crippen molar-refractivity contribution in [3.63, 3.8) is 0 Å². The molecule has 0 spiro atoms. The van der Waals surface area contributed by atoms with E-state index in [-0.39, 0.29) is 36.7 Å². The van der Waals surface area contributed by atoms with Gasteiger partial charge in [-0.25, -0.2) is 14.0 Å². The van der Waals surface area contributed by atoms with Gasteiger partial charge in [0.05, 0.1) is 45.0 Å². The highest BCUT2D eigenvalue weighted by Crippen LogP contribution is 2.39. The first-order chi connectivity index (χ1) is 51.2. The Morgan fingerprint density at radius 3 is 1.04 bits per heavy atom. The fourth-order valence-corrected chi connectivity index (χ4v) is 11.8. The summed E-state index contributed by atoms with van der Waals surface area (Å²) in [6.07, 6.45) is -25.2. The minimum atomic E-state index is -1.65. The van der Waals surface area contributed by atoms with Crippen LogP contribution in [0.1, 0.15) is 132 Å². The summed E-state index contributed by atoms with van der Waals surface area (Å²) in [6, 6.07) is -1.38. The Labute approximate surface area is 612 Å². The van der Waals surface area contributed by atoms with Gasteiger partial charge in [0.2, 0.25) is 5.91 Å². The Balaban J connectivity index is 1.30. The van der Waals surface area contributed by atoms with Gasteiger partial charge in [0.1, 0.15) is 79.6 Å². The van der Waals surface area contributed by atoms with E-state index in [4.69, 9.17) is 100 Å². The third-order valence-electron chi connectivity index (χ3n) is 15.5. The maximum atomic E-state index is 13.4. The van der Waals surface area contributed by atoms with E-state index >= 15 is 0 Å². The maximum absolute atomic E-state index is 13.4. The monoisotopic (exact) mass is 1540 g/mol. The number of nitrogens with one attached hydrogen (secondary N) is 1. The van der Waals surface area contributed by atoms with Crippen molar-refractivity contribution in [2.45, 2.75) is 239 Å². The van der Waals surface area contributed by atoms with Crippen molar-refractivity contribution in [3.05, 3.63) is 46.1 Å². The van der Waals surface area contributed by atoms with E-state index in [1.54, 1.807) is 0 Å². The minimum absolute atomic E-state index is 0.0319. The van der Waals surface area contributed by atoms with Gasteiger partial charge in [-0.05, 0) is 12.0 Å². The Hall–Kier alpha value is -10.5. The third-order valence-corrected chi connectivity index (χ3v) is 15.5. The van der Waals surface area contributed by atoms with Crippen molar-refractivity contribution < 1.29 is 157 Å². The van der Waals surface area contributed by atoms with E-state index in [0.29, 0.717) is 0 Å². The Morgan fingerprint density at radius 1 is 0.398 bits per heavy atom. The number of aromatic nitrogens is 9. The van der Waals surface area contributed by atoms with Gasteiger partial charge in [0.25, 0.3) is 0 Å². The first-order valence-electron chi connectivity index (χ1n) is 33.2. The number of rotatable bonds is 34. The molecule has 46 heteroatoms. The van der Waals surface area contributed by atoms with Gasteiger partial charge in [0.15, 0.2) is 79.9 Å². The standard InChI is InChI=1S/C62H83N13O33/c1-27(76)65-47-52(95-22-42-19-75(72-68-42)61-58(104-39(13)88)55(101-36(10)85)51(98-33(7)82)46(107-61)26-93-30(4)79)48(94-21-41-18-74(71-67-41)60-57(103-38(12)87)54(100-35(9)84)50(97-32(6)81)45(106-60)25-92-29(3)78)43(108-62(47)90-16-14-15-64-69-63)23-89-20-40-17-73(70-66-40)59-56(102-37(11)86)53(99-34(8)83)49(96-31(5)80)44(105-59)24-91-28(2)77/h17-19,43-62H,14-16,20-26H2,1-13H3,(H,65,76)/t43-,44-,45-,46-,47-,48-,49-,50-,51-,52-,53+,54+,55+,56-,57-,58-,59-,60-,61-,62-/m1/s1. The largest absolute Gasteiger partial charge is 0.463 e. The van der Waals surface area contributed by atoms with Crippen LogP contribution in [0.4, 0.5) is 0 Å². The van der Waals surface area contributed by atoms with Crippen LogP contribution in [-0.4, -0.2) is 266 Å². The van der Waals surface area contributed by atoms with Gasteiger partial charge in [-0.15, -0.1) is 15.3 Å². The molecule has 4 aliphatic heterocycles. The van der Waals surface area contributed by atoms with E-state index in [9.17, 15) is 62.3 Å². The smallest absolute Gasteiger partial charge is 0.303 e. The number of amides is 1. The molecule has 46 nitrogen and oxygen atoms in total. The van der Waals surface area contributed by atoms with Crippen LogP contribution in [0.3, 0.4) is 0 Å². The third kappa shape index (κ3) is 24.5. The van der Waals surface area contributed by atoms with Gasteiger partial charge in [-0.3, -0.25) is 62.3 Å². The minimum Gasteiger partial charge on any atom is -0.463 e. The molecule has 0 saturated carbocycles. The quantitative estimate of drug-likeness (QED) is 0.0184. The summed E-state index contributed by atoms with van der Waals surface area (Å²) >= 11 is 0. The molecule has 0 radical (unpaired) electrons. The second-order valence-corrected chi connectivity index (χ2v) is 24.4. The Bertz CT molecular complexity index is 3730. The Kier molecular flexibility index (Phi) is 31.3. The molecule has 0 aromatic carbocycles. The molecule has 0 aliphatic carbocycles. The number of hydrogen-bond donors (Lipinski definition) is 1. The topological polar surface area (TPSA) is 559 Å². The second-order valence-electron chi connectivity index (χ2n) is 24.4. The van der Waals surface area contributed by atoms with Gasteiger partial charge >= 0.3 is 71.6 Å². The van der Waals surface area contributed by atoms with Crippen molar-refractivity contribution in [3.8, 4) is 0 Å². The molecule has 594 valence electrons. The molecule has 4 saturated heterocycles. The van der Waals surface area contributed by atoms with Crippen molar-refractivity contribution in [2.75, 3.05) is 39.6 Å². The molecule has 3 aromatic heterocycles. The lowest BCUT2D eigenvalue weighted by Gasteiger charge is -2.46. The number of hydrogen-bond acceptors (Lipinski definition) is 40. The van der Waals surface area contributed by atoms with Gasteiger partial charge in [-0.2, -0.15) is 0 Å². The van der Waals surface area contributed by atoms with Crippen molar-refractivity contribution in [2.24, 2.45) is 5.11 Å². The average molecular weight is 1540 g/mol. The van der Waals surface area contributed by atoms with Crippen LogP contribution in [0.25, 0.3) is 10.4 Å². The normalized spacial score (nSPS) is 28.0. The van der Waals surface area contributed by atoms with Crippen molar-refractivity contribution >= 4 is 77.5 Å². The predicted molar refractivity (Wildman–Crippen MR) is 339 cm³/mol. The van der Waals surface area contributed by atoms with Crippen LogP contribution < -0.4 is 5.32 Å². The summed E-state index contributed by atoms with van der Waals surface area (Å²) < 4.78 is 121. The zero-order valence-electron chi connectivity index (χ0n) is 60.7. The highest BCUT2D eigenvalue weighted by molar-refractivity contribution is 5.74. The summed E-state index contributed by atoms with van der Waals surface area (Å²) in [4.78, 5) is 166. The van der Waals surface area contributed by atoms with Crippen LogP contribution in [-0.2, 0) is 177 Å². The molecule has 4 aliphatic rings. The lowest BCUT2D eigenvalue weighted by molar-refractivity contribution is -0.290. The second kappa shape index (κ2) is 39.9. The fraction of sp³-hybridized carbons (Fsp3) is 0.694. The zero-order valence-corrected chi connectivity index (χ0v) is 60.7. The molecule has 7 heterocycles. The average Bonchev–Trinajstić information content (AvgIpc) is 1.34. The van der Waals surface area contributed by atoms with Crippen LogP contribution in [0, 0.1) is 0 Å². The molecule has 1 amide bonds. The summed E-state index contributed by atoms with van der Waals surface area (Å²) in [5.74, 6) is -11.1. The van der Waals surface area contributed by atoms with E-state index in [1.807, 2.05) is 0 Å². The summed E-state index contributed by atoms with van der Waals surface area (Å²) in [5, 5.41) is 31.7. The number of esters is 12. The van der Waals surface area contributed by atoms with E-state index in [0.717, 1.165) is 97.1 Å². The number of carbonyl (C=O) groups excluding carboxylic acids is 13. The molecule has 7 rings (SSSR count). The number of carbonyl (C=O) groups is 13. The number of azide groups is 1. The first-order valence-corrected chi connectivity index (χ1v) is 33.2. The van der Waals surface area contributed by atoms with Crippen molar-refractivity contribution in [1.29, 1.82) is 0 Å². The zero-order chi connectivity index (χ0) is 79.2. The molecule has 1 N–H and O–H groups in total. The predicted octanol–water partition coefficient (Wildman–Crippen LogP) is -1.14. The van der Waals surface area contributed by atoms with Crippen LogP contribution in [0.2, 0.25) is 0 Å². The van der Waals surface area contributed by atoms with Crippen LogP contribution in [0.5, 0.6) is 0 Å². The molecule has 20 atom stereocenters. The molecule has 108 heavy (non-hydrogen) atoms. The van der Waals surface area contributed by atoms with Gasteiger partial charge < -0.3 is 100 Å². The summed E-state index contributed by atoms with van der Waals surface area (Å²) in [6.45, 7) is 9.71. The highest BCUT2D eigenvalue weighted by Gasteiger charge is 2.57. The lowest BCUT2D eigenvalue weighted by Crippen LogP contribution is -2.66. The van der Waals surface area contributed by atoms with E-state index in [1.165, 1.54) is 25.5 Å². The molecule has 0 bridgehead atoms. The molecule has 4 fully saturated rings. The van der Waals surface area contributed by atoms with Crippen LogP contribution >= 0.6 is 0 Å². The SMILES string of the molecule is CC(=O)N[C@H]1[C@H](OCCCN=[N+]=[N-])O[C@H](COCc2cn([C@@H]3O[C@H](COC(C)=O)[C@@H](OC(C)=O)[C@H](OC(C)=O)[C@H]3OC(C)=O)nn2)[C@@H](OCc2cn([C@@H]3O[C@H](COC(C)=O)[C@@H](OC(C)=O)[C@H](OC(C)=O)[C@H]3OC(C)=O)nn2)[C@@H]1OCc1cn([C@@H]2O[C@H](COC(C)=O)[C@@H](OC(C)=O)[C@H](OC(C)=O)[C@H]2OC(C)=O)nn1. The number of nitrogens with zero attached hydrogens (tertiary/aromatic N) is 12. The van der Waals surface area contributed by atoms with Crippen LogP contribution in [0.15, 0.2) is 23.7 Å². The summed E-state index contributed by atoms with van der Waals surface area (Å²) in [5.41, 5.74) is 9.03. The Morgan fingerprint density at radius 2 is 0.713 bits per heavy atom. The van der Waals surface area contributed by atoms with E-state index < -0.39 is 246 Å². The molecule has 0 unspecified atom stereocenters. The molecule has 3 aromatic rings. The molecular formula is C62H83N13O33. The first kappa shape index (κ1) is 84.8. The summed E-state index contributed by atoms with van der Waals surface area (Å²) in [7, 11) is 0. The highest BCUT2D eigenvalue weighted by atomic mass is 16.7. The maximum Gasteiger partial charge on any atom is 0.303 e. The lowest BCUT2D eigenvalue weighted by atomic mass is 9.96.